The van der Waals surface area contributed by atoms with Crippen LogP contribution in [0.5, 0.6) is 5.75 Å². The molecule has 1 aliphatic heterocycles. The molecule has 1 N–H and O–H groups in total. The van der Waals surface area contributed by atoms with Gasteiger partial charge in [-0.25, -0.2) is 0 Å². The Balaban J connectivity index is 1.38. The van der Waals surface area contributed by atoms with Gasteiger partial charge in [0.2, 0.25) is 0 Å². The van der Waals surface area contributed by atoms with E-state index in [2.05, 4.69) is 46.3 Å². The number of piperazine rings is 1. The molecule has 0 saturated carbocycles. The van der Waals surface area contributed by atoms with E-state index in [1.165, 1.54) is 5.56 Å². The molecule has 5 nitrogen and oxygen atoms in total. The first-order valence-electron chi connectivity index (χ1n) is 10.1. The minimum Gasteiger partial charge on any atom is -0.484 e. The van der Waals surface area contributed by atoms with Crippen molar-refractivity contribution in [1.82, 2.24) is 15.1 Å². The number of amides is 1. The van der Waals surface area contributed by atoms with Crippen LogP contribution in [0.25, 0.3) is 0 Å². The molecule has 0 bridgehead atoms. The molecule has 1 heterocycles. The summed E-state index contributed by atoms with van der Waals surface area (Å²) in [4.78, 5) is 17.0. The van der Waals surface area contributed by atoms with Gasteiger partial charge in [0.25, 0.3) is 5.91 Å². The van der Waals surface area contributed by atoms with Gasteiger partial charge >= 0.3 is 0 Å². The number of benzene rings is 2. The van der Waals surface area contributed by atoms with Gasteiger partial charge in [-0.05, 0) is 42.3 Å². The number of nitrogens with zero attached hydrogens (tertiary/aromatic N) is 2. The van der Waals surface area contributed by atoms with Gasteiger partial charge in [-0.15, -0.1) is 0 Å². The summed E-state index contributed by atoms with van der Waals surface area (Å²) in [6, 6.07) is 16.2. The van der Waals surface area contributed by atoms with Gasteiger partial charge < -0.3 is 15.0 Å². The molecule has 1 saturated heterocycles. The van der Waals surface area contributed by atoms with Crippen molar-refractivity contribution < 1.29 is 9.53 Å². The first-order valence-corrected chi connectivity index (χ1v) is 10.1. The molecular formula is C23H31N3O2. The van der Waals surface area contributed by atoms with Crippen molar-refractivity contribution in [2.24, 2.45) is 0 Å². The van der Waals surface area contributed by atoms with Crippen LogP contribution in [0, 0.1) is 6.92 Å². The molecule has 0 radical (unpaired) electrons. The smallest absolute Gasteiger partial charge is 0.258 e. The number of hydrogen-bond acceptors (Lipinski definition) is 4. The fourth-order valence-electron chi connectivity index (χ4n) is 3.39. The van der Waals surface area contributed by atoms with Crippen LogP contribution in [0.3, 0.4) is 0 Å². The lowest BCUT2D eigenvalue weighted by Gasteiger charge is -2.34. The molecule has 0 aromatic heterocycles. The molecule has 0 aliphatic carbocycles. The maximum absolute atomic E-state index is 12.0. The molecule has 1 fully saturated rings. The number of carbonyl (C=O) groups excluding carboxylic acids is 1. The third-order valence-electron chi connectivity index (χ3n) is 5.19. The van der Waals surface area contributed by atoms with Crippen LogP contribution in [0.1, 0.15) is 23.6 Å². The Morgan fingerprint density at radius 3 is 2.36 bits per heavy atom. The summed E-state index contributed by atoms with van der Waals surface area (Å²) in [6.07, 6.45) is 0. The Morgan fingerprint density at radius 1 is 1.00 bits per heavy atom. The topological polar surface area (TPSA) is 44.8 Å². The molecule has 2 aromatic rings. The van der Waals surface area contributed by atoms with E-state index in [1.54, 1.807) is 0 Å². The minimum absolute atomic E-state index is 0.0330. The second-order valence-corrected chi connectivity index (χ2v) is 7.41. The van der Waals surface area contributed by atoms with Gasteiger partial charge in [0.05, 0.1) is 0 Å². The lowest BCUT2D eigenvalue weighted by molar-refractivity contribution is -0.123. The van der Waals surface area contributed by atoms with Crippen LogP contribution < -0.4 is 10.1 Å². The molecule has 0 unspecified atom stereocenters. The normalized spacial score (nSPS) is 15.4. The average Bonchev–Trinajstić information content (AvgIpc) is 2.72. The quantitative estimate of drug-likeness (QED) is 0.764. The van der Waals surface area contributed by atoms with E-state index in [-0.39, 0.29) is 12.5 Å². The molecule has 0 spiro atoms. The Kier molecular flexibility index (Phi) is 7.46. The van der Waals surface area contributed by atoms with Gasteiger partial charge in [-0.2, -0.15) is 0 Å². The van der Waals surface area contributed by atoms with Crippen LogP contribution in [0.4, 0.5) is 0 Å². The Hall–Kier alpha value is -2.37. The lowest BCUT2D eigenvalue weighted by atomic mass is 10.1. The number of rotatable bonds is 8. The van der Waals surface area contributed by atoms with Gasteiger partial charge in [0.15, 0.2) is 6.61 Å². The lowest BCUT2D eigenvalue weighted by Crippen LogP contribution is -2.45. The van der Waals surface area contributed by atoms with Crippen molar-refractivity contribution in [2.45, 2.75) is 26.9 Å². The zero-order valence-electron chi connectivity index (χ0n) is 17.0. The monoisotopic (exact) mass is 381 g/mol. The molecule has 3 rings (SSSR count). The van der Waals surface area contributed by atoms with E-state index in [1.807, 2.05) is 31.2 Å². The van der Waals surface area contributed by atoms with Crippen LogP contribution in [-0.4, -0.2) is 55.0 Å². The second kappa shape index (κ2) is 10.2. The van der Waals surface area contributed by atoms with E-state index >= 15 is 0 Å². The number of ether oxygens (including phenoxy) is 1. The summed E-state index contributed by atoms with van der Waals surface area (Å²) in [7, 11) is 0. The third kappa shape index (κ3) is 6.36. The zero-order chi connectivity index (χ0) is 19.8. The average molecular weight is 382 g/mol. The fourth-order valence-corrected chi connectivity index (χ4v) is 3.39. The van der Waals surface area contributed by atoms with Crippen molar-refractivity contribution in [1.29, 1.82) is 0 Å². The highest BCUT2D eigenvalue weighted by atomic mass is 16.5. The zero-order valence-corrected chi connectivity index (χ0v) is 17.0. The summed E-state index contributed by atoms with van der Waals surface area (Å²) < 4.78 is 5.54. The molecule has 1 amide bonds. The Bertz CT molecular complexity index is 753. The summed E-state index contributed by atoms with van der Waals surface area (Å²) >= 11 is 0. The first-order chi connectivity index (χ1) is 13.6. The van der Waals surface area contributed by atoms with E-state index in [0.29, 0.717) is 6.54 Å². The SMILES string of the molecule is CCN1CCN(Cc2ccc(CNC(=O)COc3cccc(C)c3)cc2)CC1. The maximum atomic E-state index is 12.0. The molecule has 0 atom stereocenters. The highest BCUT2D eigenvalue weighted by Crippen LogP contribution is 2.12. The minimum atomic E-state index is -0.112. The van der Waals surface area contributed by atoms with Crippen LogP contribution in [-0.2, 0) is 17.9 Å². The van der Waals surface area contributed by atoms with Gasteiger partial charge in [0.1, 0.15) is 5.75 Å². The van der Waals surface area contributed by atoms with E-state index in [9.17, 15) is 4.79 Å². The number of aryl methyl sites for hydroxylation is 1. The maximum Gasteiger partial charge on any atom is 0.258 e. The highest BCUT2D eigenvalue weighted by molar-refractivity contribution is 5.77. The third-order valence-corrected chi connectivity index (χ3v) is 5.19. The molecule has 150 valence electrons. The van der Waals surface area contributed by atoms with Crippen molar-refractivity contribution in [3.05, 3.63) is 65.2 Å². The van der Waals surface area contributed by atoms with E-state index < -0.39 is 0 Å². The van der Waals surface area contributed by atoms with Gasteiger partial charge in [0, 0.05) is 39.3 Å². The number of likely N-dealkylation sites (N-methyl/N-ethyl adjacent to an activating group) is 1. The van der Waals surface area contributed by atoms with Crippen molar-refractivity contribution in [2.75, 3.05) is 39.3 Å². The molecular weight excluding hydrogens is 350 g/mol. The Labute approximate surface area is 168 Å². The van der Waals surface area contributed by atoms with Crippen LogP contribution in [0.2, 0.25) is 0 Å². The molecule has 5 heteroatoms. The number of hydrogen-bond donors (Lipinski definition) is 1. The number of carbonyl (C=O) groups is 1. The standard InChI is InChI=1S/C23H31N3O2/c1-3-25-11-13-26(14-12-25)17-21-9-7-20(8-10-21)16-24-23(27)18-28-22-6-4-5-19(2)15-22/h4-10,15H,3,11-14,16-18H2,1-2H3,(H,24,27). The Morgan fingerprint density at radius 2 is 1.68 bits per heavy atom. The molecule has 2 aromatic carbocycles. The van der Waals surface area contributed by atoms with Crippen LogP contribution >= 0.6 is 0 Å². The van der Waals surface area contributed by atoms with E-state index in [4.69, 9.17) is 4.74 Å². The predicted octanol–water partition coefficient (Wildman–Crippen LogP) is 2.83. The van der Waals surface area contributed by atoms with Crippen molar-refractivity contribution >= 4 is 5.91 Å². The van der Waals surface area contributed by atoms with E-state index in [0.717, 1.165) is 56.1 Å². The van der Waals surface area contributed by atoms with Crippen molar-refractivity contribution in [3.63, 3.8) is 0 Å². The van der Waals surface area contributed by atoms with Gasteiger partial charge in [-0.1, -0.05) is 43.3 Å². The summed E-state index contributed by atoms with van der Waals surface area (Å²) in [5.74, 6) is 0.610. The second-order valence-electron chi connectivity index (χ2n) is 7.41. The molecule has 1 aliphatic rings. The fraction of sp³-hybridized carbons (Fsp3) is 0.435. The predicted molar refractivity (Wildman–Crippen MR) is 112 cm³/mol. The van der Waals surface area contributed by atoms with Crippen LogP contribution in [0.15, 0.2) is 48.5 Å². The highest BCUT2D eigenvalue weighted by Gasteiger charge is 2.15. The van der Waals surface area contributed by atoms with Crippen molar-refractivity contribution in [3.8, 4) is 5.75 Å². The molecule has 28 heavy (non-hydrogen) atoms. The summed E-state index contributed by atoms with van der Waals surface area (Å²) in [5.41, 5.74) is 3.54. The largest absolute Gasteiger partial charge is 0.484 e. The summed E-state index contributed by atoms with van der Waals surface area (Å²) in [6.45, 7) is 11.5. The first kappa shape index (κ1) is 20.4. The summed E-state index contributed by atoms with van der Waals surface area (Å²) in [5, 5.41) is 2.92. The number of nitrogens with one attached hydrogen (secondary N) is 1. The van der Waals surface area contributed by atoms with Gasteiger partial charge in [-0.3, -0.25) is 9.69 Å².